The first kappa shape index (κ1) is 14.8. The van der Waals surface area contributed by atoms with Gasteiger partial charge in [0.25, 0.3) is 5.91 Å². The maximum Gasteiger partial charge on any atom is 0.253 e. The van der Waals surface area contributed by atoms with E-state index in [-0.39, 0.29) is 12.0 Å². The number of pyridine rings is 1. The fourth-order valence-corrected chi connectivity index (χ4v) is 2.21. The van der Waals surface area contributed by atoms with Gasteiger partial charge in [-0.1, -0.05) is 24.6 Å². The number of benzene rings is 1. The predicted octanol–water partition coefficient (Wildman–Crippen LogP) is 2.78. The van der Waals surface area contributed by atoms with Crippen molar-refractivity contribution in [3.63, 3.8) is 0 Å². The van der Waals surface area contributed by atoms with Gasteiger partial charge in [-0.15, -0.1) is 0 Å². The van der Waals surface area contributed by atoms with E-state index >= 15 is 0 Å². The van der Waals surface area contributed by atoms with Crippen molar-refractivity contribution in [1.29, 1.82) is 0 Å². The van der Waals surface area contributed by atoms with Gasteiger partial charge in [-0.25, -0.2) is 0 Å². The van der Waals surface area contributed by atoms with Crippen molar-refractivity contribution in [2.75, 3.05) is 6.54 Å². The summed E-state index contributed by atoms with van der Waals surface area (Å²) in [6.45, 7) is 2.33. The van der Waals surface area contributed by atoms with E-state index in [4.69, 9.17) is 11.6 Å². The summed E-state index contributed by atoms with van der Waals surface area (Å²) in [6, 6.07) is 7.06. The lowest BCUT2D eigenvalue weighted by Gasteiger charge is -2.10. The second-order valence-corrected chi connectivity index (χ2v) is 5.07. The Bertz CT molecular complexity index is 616. The van der Waals surface area contributed by atoms with Crippen LogP contribution in [0.4, 0.5) is 0 Å². The van der Waals surface area contributed by atoms with E-state index in [1.54, 1.807) is 24.4 Å². The minimum atomic E-state index is -0.385. The second kappa shape index (κ2) is 6.68. The fraction of sp³-hybridized carbons (Fsp3) is 0.333. The molecule has 0 radical (unpaired) electrons. The average Bonchev–Trinajstić information content (AvgIpc) is 2.45. The van der Waals surface area contributed by atoms with Crippen molar-refractivity contribution in [3.05, 3.63) is 41.0 Å². The molecule has 4 nitrogen and oxygen atoms in total. The average molecular weight is 293 g/mol. The van der Waals surface area contributed by atoms with Gasteiger partial charge in [0, 0.05) is 23.2 Å². The lowest BCUT2D eigenvalue weighted by atomic mass is 10.1. The number of hydrogen-bond acceptors (Lipinski definition) is 3. The Balaban J connectivity index is 2.17. The number of nitrogens with one attached hydrogen (secondary N) is 1. The molecule has 1 amide bonds. The number of fused-ring (bicyclic) bond motifs is 1. The van der Waals surface area contributed by atoms with Gasteiger partial charge in [-0.3, -0.25) is 9.78 Å². The molecule has 1 aromatic heterocycles. The molecule has 2 aromatic rings. The minimum Gasteiger partial charge on any atom is -0.393 e. The summed E-state index contributed by atoms with van der Waals surface area (Å²) >= 11 is 6.03. The highest BCUT2D eigenvalue weighted by Crippen LogP contribution is 2.22. The molecule has 0 aliphatic rings. The van der Waals surface area contributed by atoms with Crippen LogP contribution in [-0.2, 0) is 0 Å². The van der Waals surface area contributed by atoms with Crippen molar-refractivity contribution >= 4 is 28.4 Å². The molecular formula is C15H17ClN2O2. The van der Waals surface area contributed by atoms with Gasteiger partial charge < -0.3 is 10.4 Å². The van der Waals surface area contributed by atoms with E-state index in [9.17, 15) is 9.90 Å². The van der Waals surface area contributed by atoms with Crippen LogP contribution < -0.4 is 5.32 Å². The molecule has 5 heteroatoms. The van der Waals surface area contributed by atoms with Gasteiger partial charge in [-0.05, 0) is 31.0 Å². The molecule has 1 heterocycles. The molecule has 0 aliphatic carbocycles. The maximum absolute atomic E-state index is 12.2. The molecule has 1 atom stereocenters. The quantitative estimate of drug-likeness (QED) is 0.891. The van der Waals surface area contributed by atoms with Crippen LogP contribution in [0.5, 0.6) is 0 Å². The highest BCUT2D eigenvalue weighted by molar-refractivity contribution is 6.32. The van der Waals surface area contributed by atoms with Gasteiger partial charge in [0.1, 0.15) is 0 Å². The third-order valence-electron chi connectivity index (χ3n) is 3.15. The van der Waals surface area contributed by atoms with E-state index in [0.29, 0.717) is 35.5 Å². The molecule has 0 saturated carbocycles. The zero-order chi connectivity index (χ0) is 14.5. The van der Waals surface area contributed by atoms with Crippen LogP contribution in [0.1, 0.15) is 30.1 Å². The van der Waals surface area contributed by atoms with Gasteiger partial charge >= 0.3 is 0 Å². The Hall–Kier alpha value is -1.65. The van der Waals surface area contributed by atoms with Crippen molar-refractivity contribution in [3.8, 4) is 0 Å². The Labute approximate surface area is 122 Å². The Morgan fingerprint density at radius 3 is 3.05 bits per heavy atom. The number of halogens is 1. The SMILES string of the molecule is CCC(O)CCNC(=O)c1cc(Cl)cc2cccnc12. The monoisotopic (exact) mass is 292 g/mol. The minimum absolute atomic E-state index is 0.223. The van der Waals surface area contributed by atoms with E-state index in [1.807, 2.05) is 13.0 Å². The van der Waals surface area contributed by atoms with Crippen LogP contribution in [0.3, 0.4) is 0 Å². The number of carbonyl (C=O) groups excluding carboxylic acids is 1. The molecular weight excluding hydrogens is 276 g/mol. The second-order valence-electron chi connectivity index (χ2n) is 4.64. The number of aliphatic hydroxyl groups is 1. The number of hydrogen-bond donors (Lipinski definition) is 2. The summed E-state index contributed by atoms with van der Waals surface area (Å²) in [6.07, 6.45) is 2.48. The molecule has 0 fully saturated rings. The molecule has 2 rings (SSSR count). The van der Waals surface area contributed by atoms with E-state index < -0.39 is 0 Å². The van der Waals surface area contributed by atoms with Crippen LogP contribution in [-0.4, -0.2) is 28.6 Å². The number of rotatable bonds is 5. The molecule has 0 saturated heterocycles. The summed E-state index contributed by atoms with van der Waals surface area (Å²) in [5, 5.41) is 13.6. The van der Waals surface area contributed by atoms with Gasteiger partial charge in [-0.2, -0.15) is 0 Å². The van der Waals surface area contributed by atoms with Crippen molar-refractivity contribution in [2.45, 2.75) is 25.9 Å². The molecule has 0 spiro atoms. The molecule has 1 unspecified atom stereocenters. The number of amides is 1. The summed E-state index contributed by atoms with van der Waals surface area (Å²) in [7, 11) is 0. The zero-order valence-electron chi connectivity index (χ0n) is 11.3. The molecule has 106 valence electrons. The van der Waals surface area contributed by atoms with Crippen LogP contribution in [0.25, 0.3) is 10.9 Å². The Morgan fingerprint density at radius 2 is 2.30 bits per heavy atom. The third kappa shape index (κ3) is 3.46. The first-order chi connectivity index (χ1) is 9.61. The van der Waals surface area contributed by atoms with E-state index in [1.165, 1.54) is 0 Å². The van der Waals surface area contributed by atoms with Crippen LogP contribution in [0.15, 0.2) is 30.5 Å². The third-order valence-corrected chi connectivity index (χ3v) is 3.37. The smallest absolute Gasteiger partial charge is 0.253 e. The molecule has 0 bridgehead atoms. The predicted molar refractivity (Wildman–Crippen MR) is 80.0 cm³/mol. The summed E-state index contributed by atoms with van der Waals surface area (Å²) in [4.78, 5) is 16.4. The lowest BCUT2D eigenvalue weighted by Crippen LogP contribution is -2.27. The van der Waals surface area contributed by atoms with E-state index in [0.717, 1.165) is 5.39 Å². The van der Waals surface area contributed by atoms with Crippen molar-refractivity contribution in [2.24, 2.45) is 0 Å². The maximum atomic E-state index is 12.2. The molecule has 1 aromatic carbocycles. The topological polar surface area (TPSA) is 62.2 Å². The largest absolute Gasteiger partial charge is 0.393 e. The van der Waals surface area contributed by atoms with Gasteiger partial charge in [0.15, 0.2) is 0 Å². The van der Waals surface area contributed by atoms with Crippen LogP contribution in [0, 0.1) is 0 Å². The summed E-state index contributed by atoms with van der Waals surface area (Å²) in [5.41, 5.74) is 1.09. The highest BCUT2D eigenvalue weighted by atomic mass is 35.5. The lowest BCUT2D eigenvalue weighted by molar-refractivity contribution is 0.0943. The number of aliphatic hydroxyl groups excluding tert-OH is 1. The highest BCUT2D eigenvalue weighted by Gasteiger charge is 2.12. The molecule has 2 N–H and O–H groups in total. The van der Waals surface area contributed by atoms with Crippen molar-refractivity contribution in [1.82, 2.24) is 10.3 Å². The van der Waals surface area contributed by atoms with Gasteiger partial charge in [0.05, 0.1) is 17.2 Å². The van der Waals surface area contributed by atoms with E-state index in [2.05, 4.69) is 10.3 Å². The first-order valence-corrected chi connectivity index (χ1v) is 7.00. The summed E-state index contributed by atoms with van der Waals surface area (Å²) < 4.78 is 0. The van der Waals surface area contributed by atoms with Gasteiger partial charge in [0.2, 0.25) is 0 Å². The van der Waals surface area contributed by atoms with Crippen LogP contribution in [0.2, 0.25) is 5.02 Å². The number of aromatic nitrogens is 1. The number of carbonyl (C=O) groups is 1. The normalized spacial score (nSPS) is 12.3. The van der Waals surface area contributed by atoms with Crippen LogP contribution >= 0.6 is 11.6 Å². The molecule has 0 aliphatic heterocycles. The zero-order valence-corrected chi connectivity index (χ0v) is 12.0. The Morgan fingerprint density at radius 1 is 1.50 bits per heavy atom. The fourth-order valence-electron chi connectivity index (χ4n) is 1.98. The standard InChI is InChI=1S/C15H17ClN2O2/c1-2-12(19)5-7-18-15(20)13-9-11(16)8-10-4-3-6-17-14(10)13/h3-4,6,8-9,12,19H,2,5,7H2,1H3,(H,18,20). The Kier molecular flexibility index (Phi) is 4.93. The first-order valence-electron chi connectivity index (χ1n) is 6.62. The summed E-state index contributed by atoms with van der Waals surface area (Å²) in [5.74, 6) is -0.223. The molecule has 20 heavy (non-hydrogen) atoms. The van der Waals surface area contributed by atoms with Crippen molar-refractivity contribution < 1.29 is 9.90 Å². The number of nitrogens with zero attached hydrogens (tertiary/aromatic N) is 1.